The maximum absolute atomic E-state index is 12.4. The first-order valence-corrected chi connectivity index (χ1v) is 4.16. The molecule has 0 saturated heterocycles. The minimum absolute atomic E-state index is 0.104. The molecule has 1 heterocycles. The predicted octanol–water partition coefficient (Wildman–Crippen LogP) is 2.81. The van der Waals surface area contributed by atoms with Gasteiger partial charge in [0.2, 0.25) is 0 Å². The largest absolute Gasteiger partial charge is 0.431 e. The molecule has 1 aromatic heterocycles. The molecule has 1 aromatic rings. The lowest BCUT2D eigenvalue weighted by Crippen LogP contribution is -2.27. The Morgan fingerprint density at radius 2 is 1.71 bits per heavy atom. The third-order valence-corrected chi connectivity index (χ3v) is 1.67. The number of hydrogen-bond acceptors (Lipinski definition) is 1. The number of alkyl halides is 6. The van der Waals surface area contributed by atoms with Crippen molar-refractivity contribution < 1.29 is 26.3 Å². The second kappa shape index (κ2) is 4.27. The van der Waals surface area contributed by atoms with E-state index < -0.39 is 29.7 Å². The Morgan fingerprint density at radius 1 is 1.12 bits per heavy atom. The summed E-state index contributed by atoms with van der Waals surface area (Å²) < 4.78 is 72.9. The Hall–Kier alpha value is -1.73. The number of rotatable bonds is 1. The molecule has 0 aliphatic carbocycles. The van der Waals surface area contributed by atoms with Crippen molar-refractivity contribution in [3.05, 3.63) is 40.8 Å². The first-order valence-electron chi connectivity index (χ1n) is 4.16. The van der Waals surface area contributed by atoms with Crippen LogP contribution < -0.4 is 5.56 Å². The van der Waals surface area contributed by atoms with E-state index in [1.807, 2.05) is 0 Å². The molecule has 0 aliphatic rings. The lowest BCUT2D eigenvalue weighted by Gasteiger charge is -2.14. The van der Waals surface area contributed by atoms with Crippen LogP contribution in [0.1, 0.15) is 0 Å². The van der Waals surface area contributed by atoms with Crippen molar-refractivity contribution in [2.24, 2.45) is 0 Å². The highest BCUT2D eigenvalue weighted by Gasteiger charge is 2.40. The van der Waals surface area contributed by atoms with E-state index in [4.69, 9.17) is 0 Å². The first kappa shape index (κ1) is 13.3. The highest BCUT2D eigenvalue weighted by Crippen LogP contribution is 2.32. The van der Waals surface area contributed by atoms with Crippen LogP contribution in [-0.2, 0) is 0 Å². The molecule has 8 heteroatoms. The lowest BCUT2D eigenvalue weighted by molar-refractivity contribution is -0.0939. The van der Waals surface area contributed by atoms with Crippen LogP contribution in [0.25, 0.3) is 5.70 Å². The second-order valence-corrected chi connectivity index (χ2v) is 2.98. The van der Waals surface area contributed by atoms with Gasteiger partial charge in [0.1, 0.15) is 5.70 Å². The van der Waals surface area contributed by atoms with Crippen LogP contribution >= 0.6 is 0 Å². The van der Waals surface area contributed by atoms with Crippen molar-refractivity contribution >= 4 is 5.70 Å². The van der Waals surface area contributed by atoms with E-state index in [1.165, 1.54) is 0 Å². The average Bonchev–Trinajstić information content (AvgIpc) is 2.12. The molecule has 0 bridgehead atoms. The number of halogens is 6. The Balaban J connectivity index is 3.43. The van der Waals surface area contributed by atoms with Gasteiger partial charge >= 0.3 is 12.4 Å². The number of pyridine rings is 1. The quantitative estimate of drug-likeness (QED) is 0.709. The second-order valence-electron chi connectivity index (χ2n) is 2.98. The average molecular weight is 257 g/mol. The molecular formula is C9H5F6NO. The van der Waals surface area contributed by atoms with Gasteiger partial charge in [-0.25, -0.2) is 0 Å². The van der Waals surface area contributed by atoms with Crippen LogP contribution in [0.5, 0.6) is 0 Å². The Bertz CT molecular complexity index is 481. The summed E-state index contributed by atoms with van der Waals surface area (Å²) in [6.07, 6.45) is -10.8. The molecule has 0 aromatic carbocycles. The van der Waals surface area contributed by atoms with E-state index in [-0.39, 0.29) is 4.57 Å². The Morgan fingerprint density at radius 3 is 2.12 bits per heavy atom. The van der Waals surface area contributed by atoms with Crippen molar-refractivity contribution in [2.75, 3.05) is 0 Å². The molecule has 0 atom stereocenters. The summed E-state index contributed by atoms with van der Waals surface area (Å²) in [5, 5.41) is 0. The van der Waals surface area contributed by atoms with Crippen molar-refractivity contribution in [3.8, 4) is 0 Å². The monoisotopic (exact) mass is 257 g/mol. The van der Waals surface area contributed by atoms with Crippen molar-refractivity contribution in [2.45, 2.75) is 12.4 Å². The van der Waals surface area contributed by atoms with Crippen LogP contribution in [0.2, 0.25) is 0 Å². The van der Waals surface area contributed by atoms with Gasteiger partial charge < -0.3 is 0 Å². The molecule has 0 fully saturated rings. The van der Waals surface area contributed by atoms with Crippen LogP contribution in [0.3, 0.4) is 0 Å². The van der Waals surface area contributed by atoms with E-state index >= 15 is 0 Å². The molecule has 17 heavy (non-hydrogen) atoms. The summed E-state index contributed by atoms with van der Waals surface area (Å²) in [5.41, 5.74) is -3.27. The lowest BCUT2D eigenvalue weighted by atomic mass is 10.3. The van der Waals surface area contributed by atoms with Gasteiger partial charge in [0.05, 0.1) is 0 Å². The summed E-state index contributed by atoms with van der Waals surface area (Å²) >= 11 is 0. The zero-order chi connectivity index (χ0) is 13.3. The Labute approximate surface area is 90.8 Å². The van der Waals surface area contributed by atoms with Gasteiger partial charge in [-0.3, -0.25) is 9.36 Å². The maximum Gasteiger partial charge on any atom is 0.431 e. The molecule has 0 amide bonds. The standard InChI is InChI=1S/C9H5F6NO/c10-8(11,12)5-6(9(13,14)15)16-4-2-1-3-7(16)17/h1-5H/b6-5+. The fourth-order valence-corrected chi connectivity index (χ4v) is 1.07. The summed E-state index contributed by atoms with van der Waals surface area (Å²) in [6, 6.07) is 2.88. The zero-order valence-electron chi connectivity index (χ0n) is 8.01. The van der Waals surface area contributed by atoms with Gasteiger partial charge in [0.25, 0.3) is 5.56 Å². The maximum atomic E-state index is 12.4. The van der Waals surface area contributed by atoms with E-state index in [0.717, 1.165) is 18.2 Å². The van der Waals surface area contributed by atoms with E-state index in [1.54, 1.807) is 0 Å². The van der Waals surface area contributed by atoms with Crippen LogP contribution in [-0.4, -0.2) is 16.9 Å². The SMILES string of the molecule is O=c1ccccn1/C(=C/C(F)(F)F)C(F)(F)F. The highest BCUT2D eigenvalue weighted by molar-refractivity contribution is 5.51. The van der Waals surface area contributed by atoms with Gasteiger partial charge in [-0.2, -0.15) is 26.3 Å². The van der Waals surface area contributed by atoms with Gasteiger partial charge in [-0.05, 0) is 6.07 Å². The van der Waals surface area contributed by atoms with Crippen molar-refractivity contribution in [3.63, 3.8) is 0 Å². The normalized spacial score (nSPS) is 13.9. The number of nitrogens with zero attached hydrogens (tertiary/aromatic N) is 1. The summed E-state index contributed by atoms with van der Waals surface area (Å²) in [6.45, 7) is 0. The number of aromatic nitrogens is 1. The van der Waals surface area contributed by atoms with E-state index in [0.29, 0.717) is 6.20 Å². The molecule has 2 nitrogen and oxygen atoms in total. The van der Waals surface area contributed by atoms with Crippen LogP contribution in [0.4, 0.5) is 26.3 Å². The number of hydrogen-bond donors (Lipinski definition) is 0. The molecule has 1 rings (SSSR count). The minimum atomic E-state index is -5.28. The van der Waals surface area contributed by atoms with Crippen molar-refractivity contribution in [1.29, 1.82) is 0 Å². The van der Waals surface area contributed by atoms with Crippen molar-refractivity contribution in [1.82, 2.24) is 4.57 Å². The van der Waals surface area contributed by atoms with E-state index in [2.05, 4.69) is 0 Å². The highest BCUT2D eigenvalue weighted by atomic mass is 19.4. The molecule has 0 spiro atoms. The third kappa shape index (κ3) is 3.65. The van der Waals surface area contributed by atoms with Crippen LogP contribution in [0, 0.1) is 0 Å². The van der Waals surface area contributed by atoms with E-state index in [9.17, 15) is 31.1 Å². The molecule has 94 valence electrons. The van der Waals surface area contributed by atoms with Gasteiger partial charge in [-0.1, -0.05) is 6.07 Å². The molecule has 0 radical (unpaired) electrons. The molecule has 0 N–H and O–H groups in total. The third-order valence-electron chi connectivity index (χ3n) is 1.67. The first-order chi connectivity index (χ1) is 7.61. The fraction of sp³-hybridized carbons (Fsp3) is 0.222. The Kier molecular flexibility index (Phi) is 3.35. The van der Waals surface area contributed by atoms with Gasteiger partial charge in [0, 0.05) is 18.3 Å². The summed E-state index contributed by atoms with van der Waals surface area (Å²) in [5.74, 6) is 0. The smallest absolute Gasteiger partial charge is 0.279 e. The molecule has 0 unspecified atom stereocenters. The molecule has 0 saturated carbocycles. The summed E-state index contributed by atoms with van der Waals surface area (Å²) in [4.78, 5) is 11.0. The topological polar surface area (TPSA) is 22.0 Å². The summed E-state index contributed by atoms with van der Waals surface area (Å²) in [7, 11) is 0. The fourth-order valence-electron chi connectivity index (χ4n) is 1.07. The molecular weight excluding hydrogens is 252 g/mol. The minimum Gasteiger partial charge on any atom is -0.279 e. The number of allylic oxidation sites excluding steroid dienone is 2. The predicted molar refractivity (Wildman–Crippen MR) is 47.1 cm³/mol. The molecule has 0 aliphatic heterocycles. The van der Waals surface area contributed by atoms with Gasteiger partial charge in [0.15, 0.2) is 0 Å². The van der Waals surface area contributed by atoms with Crippen LogP contribution in [0.15, 0.2) is 35.3 Å². The zero-order valence-corrected chi connectivity index (χ0v) is 8.01. The van der Waals surface area contributed by atoms with Gasteiger partial charge in [-0.15, -0.1) is 0 Å².